The molecule has 4 aromatic rings. The molecule has 33 heavy (non-hydrogen) atoms. The second-order valence-corrected chi connectivity index (χ2v) is 10.3. The molecule has 3 aromatic heterocycles. The van der Waals surface area contributed by atoms with Crippen molar-refractivity contribution in [3.63, 3.8) is 0 Å². The quantitative estimate of drug-likeness (QED) is 0.325. The van der Waals surface area contributed by atoms with Gasteiger partial charge in [0.2, 0.25) is 0 Å². The van der Waals surface area contributed by atoms with Gasteiger partial charge in [0.15, 0.2) is 0 Å². The SMILES string of the molecule is O=C(c1cccs1)n1nc(C2=CC=CN(Cc3ccccc3)C2)cc1NCc1ccc(Cl)s1. The van der Waals surface area contributed by atoms with Crippen LogP contribution in [0.3, 0.4) is 0 Å². The molecule has 1 aromatic carbocycles. The predicted molar refractivity (Wildman–Crippen MR) is 137 cm³/mol. The summed E-state index contributed by atoms with van der Waals surface area (Å²) in [5.74, 6) is 0.522. The van der Waals surface area contributed by atoms with E-state index in [1.54, 1.807) is 0 Å². The van der Waals surface area contributed by atoms with E-state index in [4.69, 9.17) is 16.7 Å². The molecule has 0 radical (unpaired) electrons. The zero-order chi connectivity index (χ0) is 22.6. The number of halogens is 1. The molecule has 0 aliphatic carbocycles. The highest BCUT2D eigenvalue weighted by Crippen LogP contribution is 2.26. The molecule has 8 heteroatoms. The summed E-state index contributed by atoms with van der Waals surface area (Å²) in [5, 5.41) is 9.98. The molecule has 5 nitrogen and oxygen atoms in total. The van der Waals surface area contributed by atoms with Crippen molar-refractivity contribution in [2.45, 2.75) is 13.1 Å². The molecule has 0 fully saturated rings. The van der Waals surface area contributed by atoms with E-state index in [-0.39, 0.29) is 5.91 Å². The second-order valence-electron chi connectivity index (χ2n) is 7.59. The lowest BCUT2D eigenvalue weighted by molar-refractivity contribution is 0.0951. The minimum absolute atomic E-state index is 0.143. The number of anilines is 1. The monoisotopic (exact) mass is 492 g/mol. The number of hydrogen-bond donors (Lipinski definition) is 1. The Morgan fingerprint density at radius 1 is 1.12 bits per heavy atom. The number of carbonyl (C=O) groups excluding carboxylic acids is 1. The van der Waals surface area contributed by atoms with Gasteiger partial charge < -0.3 is 10.2 Å². The molecule has 0 spiro atoms. The molecule has 0 amide bonds. The van der Waals surface area contributed by atoms with Gasteiger partial charge in [-0.15, -0.1) is 22.7 Å². The van der Waals surface area contributed by atoms with Crippen molar-refractivity contribution in [1.29, 1.82) is 0 Å². The summed E-state index contributed by atoms with van der Waals surface area (Å²) in [7, 11) is 0. The summed E-state index contributed by atoms with van der Waals surface area (Å²) < 4.78 is 2.21. The van der Waals surface area contributed by atoms with Crippen molar-refractivity contribution in [2.75, 3.05) is 11.9 Å². The number of nitrogens with one attached hydrogen (secondary N) is 1. The molecule has 5 rings (SSSR count). The Labute approximate surface area is 205 Å². The van der Waals surface area contributed by atoms with Gasteiger partial charge in [-0.2, -0.15) is 9.78 Å². The predicted octanol–water partition coefficient (Wildman–Crippen LogP) is 6.37. The maximum absolute atomic E-state index is 13.2. The number of allylic oxidation sites excluding steroid dienone is 2. The van der Waals surface area contributed by atoms with E-state index in [0.29, 0.717) is 17.2 Å². The molecule has 0 saturated carbocycles. The third-order valence-electron chi connectivity index (χ3n) is 5.23. The molecule has 1 aliphatic heterocycles. The van der Waals surface area contributed by atoms with E-state index >= 15 is 0 Å². The lowest BCUT2D eigenvalue weighted by Gasteiger charge is -2.24. The van der Waals surface area contributed by atoms with Crippen LogP contribution in [0.25, 0.3) is 5.57 Å². The third-order valence-corrected chi connectivity index (χ3v) is 7.32. The lowest BCUT2D eigenvalue weighted by Crippen LogP contribution is -2.21. The molecule has 1 N–H and O–H groups in total. The van der Waals surface area contributed by atoms with Crippen LogP contribution in [0.1, 0.15) is 25.8 Å². The summed E-state index contributed by atoms with van der Waals surface area (Å²) in [6, 6.07) is 19.9. The molecular formula is C25H21ClN4OS2. The largest absolute Gasteiger partial charge is 0.369 e. The van der Waals surface area contributed by atoms with Crippen LogP contribution in [0.15, 0.2) is 84.4 Å². The van der Waals surface area contributed by atoms with Crippen LogP contribution in [0.5, 0.6) is 0 Å². The van der Waals surface area contributed by atoms with Crippen LogP contribution >= 0.6 is 34.3 Å². The first-order chi connectivity index (χ1) is 16.2. The second kappa shape index (κ2) is 9.79. The van der Waals surface area contributed by atoms with Gasteiger partial charge in [0.1, 0.15) is 5.82 Å². The van der Waals surface area contributed by atoms with Crippen LogP contribution in [0, 0.1) is 0 Å². The van der Waals surface area contributed by atoms with Crippen LogP contribution in [0.4, 0.5) is 5.82 Å². The van der Waals surface area contributed by atoms with Crippen molar-refractivity contribution in [2.24, 2.45) is 0 Å². The molecule has 166 valence electrons. The van der Waals surface area contributed by atoms with Gasteiger partial charge >= 0.3 is 0 Å². The van der Waals surface area contributed by atoms with E-state index in [2.05, 4.69) is 46.8 Å². The van der Waals surface area contributed by atoms with Gasteiger partial charge in [-0.25, -0.2) is 0 Å². The fourth-order valence-corrected chi connectivity index (χ4v) is 5.32. The molecule has 0 saturated heterocycles. The lowest BCUT2D eigenvalue weighted by atomic mass is 10.1. The molecule has 0 atom stereocenters. The van der Waals surface area contributed by atoms with Crippen molar-refractivity contribution in [3.8, 4) is 0 Å². The Morgan fingerprint density at radius 2 is 2.00 bits per heavy atom. The molecule has 4 heterocycles. The van der Waals surface area contributed by atoms with Crippen LogP contribution in [0.2, 0.25) is 4.34 Å². The summed E-state index contributed by atoms with van der Waals surface area (Å²) in [5.41, 5.74) is 3.10. The number of benzene rings is 1. The maximum atomic E-state index is 13.2. The van der Waals surface area contributed by atoms with Crippen LogP contribution < -0.4 is 5.32 Å². The standard InChI is InChI=1S/C25H21ClN4OS2/c26-23-11-10-20(33-23)15-27-24-14-21(28-30(24)25(31)22-9-5-13-32-22)19-8-4-12-29(17-19)16-18-6-2-1-3-7-18/h1-14,27H,15-17H2. The van der Waals surface area contributed by atoms with E-state index in [9.17, 15) is 4.79 Å². The van der Waals surface area contributed by atoms with E-state index < -0.39 is 0 Å². The van der Waals surface area contributed by atoms with Crippen molar-refractivity contribution < 1.29 is 4.79 Å². The number of hydrogen-bond acceptors (Lipinski definition) is 6. The first-order valence-electron chi connectivity index (χ1n) is 10.5. The first kappa shape index (κ1) is 21.7. The van der Waals surface area contributed by atoms with Crippen molar-refractivity contribution in [3.05, 3.63) is 110 Å². The minimum Gasteiger partial charge on any atom is -0.369 e. The zero-order valence-electron chi connectivity index (χ0n) is 17.6. The molecular weight excluding hydrogens is 472 g/mol. The van der Waals surface area contributed by atoms with Gasteiger partial charge in [-0.05, 0) is 47.0 Å². The van der Waals surface area contributed by atoms with Crippen molar-refractivity contribution in [1.82, 2.24) is 14.7 Å². The summed E-state index contributed by atoms with van der Waals surface area (Å²) >= 11 is 9.00. The Hall–Kier alpha value is -3.13. The molecule has 0 bridgehead atoms. The van der Waals surface area contributed by atoms with Gasteiger partial charge in [0, 0.05) is 24.0 Å². The Balaban J connectivity index is 1.39. The van der Waals surface area contributed by atoms with Gasteiger partial charge in [0.25, 0.3) is 5.91 Å². The number of thiophene rings is 2. The Kier molecular flexibility index (Phi) is 6.44. The normalized spacial score (nSPS) is 13.2. The number of rotatable bonds is 7. The topological polar surface area (TPSA) is 50.2 Å². The van der Waals surface area contributed by atoms with Crippen molar-refractivity contribution >= 4 is 51.6 Å². The summed E-state index contributed by atoms with van der Waals surface area (Å²) in [6.07, 6.45) is 6.18. The highest BCUT2D eigenvalue weighted by atomic mass is 35.5. The van der Waals surface area contributed by atoms with Gasteiger partial charge in [-0.1, -0.05) is 54.1 Å². The molecule has 0 unspecified atom stereocenters. The summed E-state index contributed by atoms with van der Waals surface area (Å²) in [6.45, 7) is 2.10. The van der Waals surface area contributed by atoms with E-state index in [0.717, 1.165) is 33.6 Å². The Bertz CT molecular complexity index is 1310. The fourth-order valence-electron chi connectivity index (χ4n) is 3.65. The van der Waals surface area contributed by atoms with Crippen LogP contribution in [-0.4, -0.2) is 27.1 Å². The highest BCUT2D eigenvalue weighted by molar-refractivity contribution is 7.16. The van der Waals surface area contributed by atoms with E-state index in [1.165, 1.54) is 32.9 Å². The number of nitrogens with zero attached hydrogens (tertiary/aromatic N) is 3. The summed E-state index contributed by atoms with van der Waals surface area (Å²) in [4.78, 5) is 17.1. The van der Waals surface area contributed by atoms with Crippen LogP contribution in [-0.2, 0) is 13.1 Å². The average molecular weight is 493 g/mol. The maximum Gasteiger partial charge on any atom is 0.290 e. The minimum atomic E-state index is -0.143. The third kappa shape index (κ3) is 5.11. The zero-order valence-corrected chi connectivity index (χ0v) is 20.0. The van der Waals surface area contributed by atoms with Gasteiger partial charge in [-0.3, -0.25) is 4.79 Å². The number of carbonyl (C=O) groups is 1. The number of aromatic nitrogens is 2. The average Bonchev–Trinajstić information content (AvgIpc) is 3.59. The highest BCUT2D eigenvalue weighted by Gasteiger charge is 2.20. The van der Waals surface area contributed by atoms with E-state index in [1.807, 2.05) is 47.9 Å². The smallest absolute Gasteiger partial charge is 0.290 e. The first-order valence-corrected chi connectivity index (χ1v) is 12.6. The molecule has 1 aliphatic rings. The Morgan fingerprint density at radius 3 is 2.76 bits per heavy atom. The van der Waals surface area contributed by atoms with Gasteiger partial charge in [0.05, 0.1) is 21.5 Å². The fraction of sp³-hybridized carbons (Fsp3) is 0.120.